The first-order valence-electron chi connectivity index (χ1n) is 8.54. The molecule has 152 valence electrons. The number of carbonyl (C=O) groups is 1. The summed E-state index contributed by atoms with van der Waals surface area (Å²) in [4.78, 5) is 17.0. The van der Waals surface area contributed by atoms with Crippen molar-refractivity contribution in [3.8, 4) is 33.5 Å². The van der Waals surface area contributed by atoms with Gasteiger partial charge in [-0.3, -0.25) is 0 Å². The summed E-state index contributed by atoms with van der Waals surface area (Å²) in [6.45, 7) is 1.61. The summed E-state index contributed by atoms with van der Waals surface area (Å²) >= 11 is 1.03. The highest BCUT2D eigenvalue weighted by Gasteiger charge is 2.19. The van der Waals surface area contributed by atoms with Gasteiger partial charge in [-0.1, -0.05) is 0 Å². The number of rotatable bonds is 5. The van der Waals surface area contributed by atoms with Crippen molar-refractivity contribution in [2.45, 2.75) is 6.92 Å². The number of halogens is 2. The second kappa shape index (κ2) is 7.59. The predicted molar refractivity (Wildman–Crippen MR) is 103 cm³/mol. The molecule has 0 amide bonds. The molecule has 8 nitrogen and oxygen atoms in total. The summed E-state index contributed by atoms with van der Waals surface area (Å²) in [5, 5.41) is 21.7. The first-order valence-corrected chi connectivity index (χ1v) is 9.36. The Kier molecular flexibility index (Phi) is 4.96. The molecule has 0 spiro atoms. The van der Waals surface area contributed by atoms with Gasteiger partial charge in [0.25, 0.3) is 0 Å². The smallest absolute Gasteiger partial charge is 0.347 e. The Balaban J connectivity index is 1.81. The molecular formula is C19H13F2N5O3S. The van der Waals surface area contributed by atoms with E-state index in [4.69, 9.17) is 4.74 Å². The molecule has 0 aliphatic carbocycles. The Hall–Kier alpha value is -3.73. The van der Waals surface area contributed by atoms with Gasteiger partial charge in [-0.05, 0) is 42.5 Å². The second-order valence-corrected chi connectivity index (χ2v) is 7.23. The summed E-state index contributed by atoms with van der Waals surface area (Å²) in [5.74, 6) is -2.39. The maximum atomic E-state index is 14.1. The van der Waals surface area contributed by atoms with E-state index in [9.17, 15) is 18.7 Å². The van der Waals surface area contributed by atoms with E-state index in [0.717, 1.165) is 23.5 Å². The Labute approximate surface area is 172 Å². The molecule has 0 saturated carbocycles. The molecule has 0 atom stereocenters. The Morgan fingerprint density at radius 3 is 2.57 bits per heavy atom. The molecule has 4 rings (SSSR count). The van der Waals surface area contributed by atoms with Crippen LogP contribution in [0.1, 0.15) is 15.4 Å². The SMILES string of the molecule is Cc1nc(-c2ccc(Oc3ccc(F)cc3F)c(-c3nnn(C)n3)c2)sc1C(=O)O. The molecule has 1 N–H and O–H groups in total. The first-order chi connectivity index (χ1) is 14.3. The number of carboxylic acid groups (broad SMARTS) is 1. The van der Waals surface area contributed by atoms with Gasteiger partial charge in [0, 0.05) is 11.6 Å². The number of aromatic carboxylic acids is 1. The normalized spacial score (nSPS) is 10.9. The van der Waals surface area contributed by atoms with Crippen molar-refractivity contribution < 1.29 is 23.4 Å². The topological polar surface area (TPSA) is 103 Å². The summed E-state index contributed by atoms with van der Waals surface area (Å²) in [7, 11) is 1.59. The molecule has 0 saturated heterocycles. The Morgan fingerprint density at radius 2 is 1.93 bits per heavy atom. The lowest BCUT2D eigenvalue weighted by molar-refractivity contribution is 0.0701. The number of tetrazole rings is 1. The molecule has 2 aromatic heterocycles. The minimum absolute atomic E-state index is 0.137. The Morgan fingerprint density at radius 1 is 1.17 bits per heavy atom. The van der Waals surface area contributed by atoms with Crippen molar-refractivity contribution in [1.29, 1.82) is 0 Å². The van der Waals surface area contributed by atoms with Gasteiger partial charge in [0.2, 0.25) is 5.82 Å². The molecule has 0 radical (unpaired) electrons. The van der Waals surface area contributed by atoms with E-state index in [1.54, 1.807) is 32.2 Å². The van der Waals surface area contributed by atoms with Crippen LogP contribution in [0.5, 0.6) is 11.5 Å². The molecule has 4 aromatic rings. The molecule has 0 aliphatic heterocycles. The van der Waals surface area contributed by atoms with Crippen molar-refractivity contribution in [2.24, 2.45) is 7.05 Å². The first kappa shape index (κ1) is 19.6. The van der Waals surface area contributed by atoms with Crippen LogP contribution in [0.2, 0.25) is 0 Å². The molecular weight excluding hydrogens is 416 g/mol. The van der Waals surface area contributed by atoms with Crippen LogP contribution in [0.25, 0.3) is 22.0 Å². The van der Waals surface area contributed by atoms with Crippen LogP contribution >= 0.6 is 11.3 Å². The van der Waals surface area contributed by atoms with E-state index in [0.29, 0.717) is 21.8 Å². The lowest BCUT2D eigenvalue weighted by Crippen LogP contribution is -1.95. The molecule has 0 fully saturated rings. The largest absolute Gasteiger partial charge is 0.477 e. The third-order valence-corrected chi connectivity index (χ3v) is 5.27. The van der Waals surface area contributed by atoms with Gasteiger partial charge in [0.05, 0.1) is 18.3 Å². The summed E-state index contributed by atoms with van der Waals surface area (Å²) in [6.07, 6.45) is 0. The van der Waals surface area contributed by atoms with Crippen LogP contribution in [0.15, 0.2) is 36.4 Å². The number of hydrogen-bond donors (Lipinski definition) is 1. The van der Waals surface area contributed by atoms with Gasteiger partial charge in [0.15, 0.2) is 11.6 Å². The van der Waals surface area contributed by atoms with Crippen molar-refractivity contribution in [3.05, 3.63) is 58.6 Å². The second-order valence-electron chi connectivity index (χ2n) is 6.23. The number of ether oxygens (including phenoxy) is 1. The molecule has 2 heterocycles. The summed E-state index contributed by atoms with van der Waals surface area (Å²) < 4.78 is 32.9. The van der Waals surface area contributed by atoms with Crippen LogP contribution in [0, 0.1) is 18.6 Å². The number of aromatic nitrogens is 5. The minimum atomic E-state index is -1.06. The maximum absolute atomic E-state index is 14.1. The number of nitrogens with zero attached hydrogens (tertiary/aromatic N) is 5. The molecule has 0 unspecified atom stereocenters. The van der Waals surface area contributed by atoms with E-state index < -0.39 is 17.6 Å². The number of carboxylic acids is 1. The third kappa shape index (κ3) is 3.74. The number of thiazole rings is 1. The van der Waals surface area contributed by atoms with Gasteiger partial charge in [0.1, 0.15) is 21.5 Å². The monoisotopic (exact) mass is 429 g/mol. The maximum Gasteiger partial charge on any atom is 0.347 e. The van der Waals surface area contributed by atoms with E-state index >= 15 is 0 Å². The zero-order valence-corrected chi connectivity index (χ0v) is 16.4. The number of hydrogen-bond acceptors (Lipinski definition) is 7. The summed E-state index contributed by atoms with van der Waals surface area (Å²) in [5.41, 5.74) is 1.38. The highest BCUT2D eigenvalue weighted by molar-refractivity contribution is 7.17. The van der Waals surface area contributed by atoms with Crippen molar-refractivity contribution in [3.63, 3.8) is 0 Å². The predicted octanol–water partition coefficient (Wildman–Crippen LogP) is 4.08. The van der Waals surface area contributed by atoms with Crippen LogP contribution < -0.4 is 4.74 Å². The average Bonchev–Trinajstić information content (AvgIpc) is 3.30. The average molecular weight is 429 g/mol. The number of aryl methyl sites for hydroxylation is 2. The Bertz CT molecular complexity index is 1270. The lowest BCUT2D eigenvalue weighted by Gasteiger charge is -2.11. The van der Waals surface area contributed by atoms with Crippen LogP contribution in [-0.2, 0) is 7.05 Å². The van der Waals surface area contributed by atoms with Crippen molar-refractivity contribution in [1.82, 2.24) is 25.2 Å². The van der Waals surface area contributed by atoms with Gasteiger partial charge in [-0.25, -0.2) is 18.6 Å². The standard InChI is InChI=1S/C19H13F2N5O3S/c1-9-16(19(27)28)30-18(22-9)10-3-5-14(12(7-10)17-23-25-26(2)24-17)29-15-6-4-11(20)8-13(15)21/h3-8H,1-2H3,(H,27,28). The van der Waals surface area contributed by atoms with Crippen molar-refractivity contribution in [2.75, 3.05) is 0 Å². The van der Waals surface area contributed by atoms with E-state index in [2.05, 4.69) is 20.4 Å². The van der Waals surface area contributed by atoms with E-state index in [1.165, 1.54) is 10.9 Å². The van der Waals surface area contributed by atoms with Crippen molar-refractivity contribution >= 4 is 17.3 Å². The van der Waals surface area contributed by atoms with Crippen LogP contribution in [-0.4, -0.2) is 36.3 Å². The fourth-order valence-corrected chi connectivity index (χ4v) is 3.61. The highest BCUT2D eigenvalue weighted by atomic mass is 32.1. The van der Waals surface area contributed by atoms with Gasteiger partial charge in [-0.15, -0.1) is 21.5 Å². The zero-order valence-electron chi connectivity index (χ0n) is 15.6. The summed E-state index contributed by atoms with van der Waals surface area (Å²) in [6, 6.07) is 7.84. The van der Waals surface area contributed by atoms with Crippen LogP contribution in [0.3, 0.4) is 0 Å². The lowest BCUT2D eigenvalue weighted by atomic mass is 10.1. The molecule has 0 aliphatic rings. The quantitative estimate of drug-likeness (QED) is 0.510. The fraction of sp³-hybridized carbons (Fsp3) is 0.105. The zero-order chi connectivity index (χ0) is 21.4. The van der Waals surface area contributed by atoms with Gasteiger partial charge < -0.3 is 9.84 Å². The van der Waals surface area contributed by atoms with Gasteiger partial charge in [-0.2, -0.15) is 4.80 Å². The highest BCUT2D eigenvalue weighted by Crippen LogP contribution is 2.37. The molecule has 30 heavy (non-hydrogen) atoms. The molecule has 0 bridgehead atoms. The fourth-order valence-electron chi connectivity index (χ4n) is 2.71. The number of benzene rings is 2. The third-order valence-electron chi connectivity index (χ3n) is 4.08. The van der Waals surface area contributed by atoms with Gasteiger partial charge >= 0.3 is 5.97 Å². The molecule has 11 heteroatoms. The minimum Gasteiger partial charge on any atom is -0.477 e. The van der Waals surface area contributed by atoms with E-state index in [-0.39, 0.29) is 22.2 Å². The van der Waals surface area contributed by atoms with Crippen LogP contribution in [0.4, 0.5) is 8.78 Å². The van der Waals surface area contributed by atoms with E-state index in [1.807, 2.05) is 0 Å². The molecule has 2 aromatic carbocycles.